The molecule has 0 aliphatic carbocycles. The van der Waals surface area contributed by atoms with Crippen molar-refractivity contribution in [2.24, 2.45) is 5.41 Å². The van der Waals surface area contributed by atoms with Gasteiger partial charge in [-0.3, -0.25) is 0 Å². The smallest absolute Gasteiger partial charge is 0.244 e. The van der Waals surface area contributed by atoms with Crippen LogP contribution in [0.2, 0.25) is 0 Å². The van der Waals surface area contributed by atoms with Gasteiger partial charge >= 0.3 is 0 Å². The van der Waals surface area contributed by atoms with Crippen molar-refractivity contribution in [1.29, 1.82) is 0 Å². The largest absolute Gasteiger partial charge is 0.495 e. The number of hydrogen-bond acceptors (Lipinski definition) is 3. The lowest BCUT2D eigenvalue weighted by Gasteiger charge is -2.25. The summed E-state index contributed by atoms with van der Waals surface area (Å²) in [5.74, 6) is 0.367. The highest BCUT2D eigenvalue weighted by atomic mass is 79.9. The van der Waals surface area contributed by atoms with Gasteiger partial charge in [-0.2, -0.15) is 0 Å². The quantitative estimate of drug-likeness (QED) is 0.684. The second-order valence-electron chi connectivity index (χ2n) is 7.38. The molecule has 2 aromatic rings. The van der Waals surface area contributed by atoms with Crippen LogP contribution in [0, 0.1) is 19.3 Å². The molecule has 6 heteroatoms. The summed E-state index contributed by atoms with van der Waals surface area (Å²) in [6.07, 6.45) is 0.771. The number of benzene rings is 2. The van der Waals surface area contributed by atoms with E-state index in [-0.39, 0.29) is 10.3 Å². The molecule has 2 rings (SSSR count). The molecule has 0 saturated heterocycles. The maximum absolute atomic E-state index is 12.8. The molecule has 0 aliphatic rings. The number of rotatable bonds is 7. The molecule has 0 unspecified atom stereocenters. The third kappa shape index (κ3) is 5.32. The first-order valence-electron chi connectivity index (χ1n) is 8.43. The summed E-state index contributed by atoms with van der Waals surface area (Å²) in [5, 5.41) is 0. The Morgan fingerprint density at radius 2 is 1.65 bits per heavy atom. The molecule has 142 valence electrons. The van der Waals surface area contributed by atoms with Crippen molar-refractivity contribution >= 4 is 26.0 Å². The minimum absolute atomic E-state index is 0.183. The van der Waals surface area contributed by atoms with Crippen LogP contribution in [0.5, 0.6) is 5.75 Å². The average molecular weight is 440 g/mol. The Morgan fingerprint density at radius 1 is 1.08 bits per heavy atom. The van der Waals surface area contributed by atoms with Crippen LogP contribution in [0.4, 0.5) is 0 Å². The summed E-state index contributed by atoms with van der Waals surface area (Å²) in [4.78, 5) is 0.183. The fourth-order valence-electron chi connectivity index (χ4n) is 2.72. The molecular weight excluding hydrogens is 414 g/mol. The summed E-state index contributed by atoms with van der Waals surface area (Å²) in [6, 6.07) is 11.5. The normalized spacial score (nSPS) is 12.2. The molecule has 0 bridgehead atoms. The van der Waals surface area contributed by atoms with Gasteiger partial charge in [0.05, 0.1) is 7.11 Å². The summed E-state index contributed by atoms with van der Waals surface area (Å²) >= 11 is 3.43. The van der Waals surface area contributed by atoms with Crippen molar-refractivity contribution in [3.63, 3.8) is 0 Å². The van der Waals surface area contributed by atoms with E-state index in [2.05, 4.69) is 34.5 Å². The highest BCUT2D eigenvalue weighted by Crippen LogP contribution is 2.28. The minimum Gasteiger partial charge on any atom is -0.495 e. The van der Waals surface area contributed by atoms with Crippen LogP contribution in [0.25, 0.3) is 0 Å². The highest BCUT2D eigenvalue weighted by molar-refractivity contribution is 9.10. The van der Waals surface area contributed by atoms with Crippen LogP contribution in [0.1, 0.15) is 30.5 Å². The van der Waals surface area contributed by atoms with Crippen molar-refractivity contribution in [3.05, 3.63) is 57.6 Å². The molecule has 0 atom stereocenters. The molecule has 0 fully saturated rings. The third-order valence-electron chi connectivity index (χ3n) is 4.41. The molecule has 0 heterocycles. The second-order valence-corrected chi connectivity index (χ2v) is 10.0. The average Bonchev–Trinajstić information content (AvgIpc) is 2.57. The predicted octanol–water partition coefficient (Wildman–Crippen LogP) is 4.62. The van der Waals surface area contributed by atoms with Crippen molar-refractivity contribution in [1.82, 2.24) is 4.72 Å². The van der Waals surface area contributed by atoms with E-state index < -0.39 is 10.0 Å². The van der Waals surface area contributed by atoms with Crippen LogP contribution in [-0.4, -0.2) is 22.1 Å². The van der Waals surface area contributed by atoms with Crippen LogP contribution < -0.4 is 9.46 Å². The van der Waals surface area contributed by atoms with E-state index in [1.54, 1.807) is 12.1 Å². The van der Waals surface area contributed by atoms with Crippen LogP contribution >= 0.6 is 15.9 Å². The first kappa shape index (κ1) is 20.9. The SMILES string of the molecule is COc1cc(C)c(C)cc1S(=O)(=O)NCC(C)(C)Cc1ccc(Br)cc1. The molecule has 26 heavy (non-hydrogen) atoms. The Kier molecular flexibility index (Phi) is 6.53. The number of ether oxygens (including phenoxy) is 1. The third-order valence-corrected chi connectivity index (χ3v) is 6.36. The van der Waals surface area contributed by atoms with Gasteiger partial charge < -0.3 is 4.74 Å². The molecule has 0 radical (unpaired) electrons. The van der Waals surface area contributed by atoms with Gasteiger partial charge in [0.1, 0.15) is 10.6 Å². The van der Waals surface area contributed by atoms with Gasteiger partial charge in [0.25, 0.3) is 0 Å². The zero-order valence-electron chi connectivity index (χ0n) is 15.9. The van der Waals surface area contributed by atoms with E-state index in [9.17, 15) is 8.42 Å². The molecule has 0 aliphatic heterocycles. The van der Waals surface area contributed by atoms with Crippen LogP contribution in [-0.2, 0) is 16.4 Å². The Bertz CT molecular complexity index is 875. The second kappa shape index (κ2) is 8.11. The molecular formula is C20H26BrNO3S. The maximum Gasteiger partial charge on any atom is 0.244 e. The van der Waals surface area contributed by atoms with Gasteiger partial charge in [-0.25, -0.2) is 13.1 Å². The van der Waals surface area contributed by atoms with Gasteiger partial charge in [0.15, 0.2) is 0 Å². The molecule has 2 aromatic carbocycles. The molecule has 0 amide bonds. The molecule has 0 aromatic heterocycles. The number of nitrogens with one attached hydrogen (secondary N) is 1. The van der Waals surface area contributed by atoms with E-state index >= 15 is 0 Å². The molecule has 1 N–H and O–H groups in total. The van der Waals surface area contributed by atoms with E-state index in [0.29, 0.717) is 12.3 Å². The van der Waals surface area contributed by atoms with Crippen molar-refractivity contribution in [3.8, 4) is 5.75 Å². The van der Waals surface area contributed by atoms with E-state index in [1.165, 1.54) is 12.7 Å². The standard InChI is InChI=1S/C20H26BrNO3S/c1-14-10-18(25-5)19(11-15(14)2)26(23,24)22-13-20(3,4)12-16-6-8-17(21)9-7-16/h6-11,22H,12-13H2,1-5H3. The lowest BCUT2D eigenvalue weighted by atomic mass is 9.86. The summed E-state index contributed by atoms with van der Waals surface area (Å²) in [7, 11) is -2.17. The van der Waals surface area contributed by atoms with Crippen molar-refractivity contribution < 1.29 is 13.2 Å². The Labute approximate surface area is 165 Å². The zero-order chi connectivity index (χ0) is 19.5. The minimum atomic E-state index is -3.66. The first-order chi connectivity index (χ1) is 12.0. The van der Waals surface area contributed by atoms with Crippen LogP contribution in [0.15, 0.2) is 45.8 Å². The fraction of sp³-hybridized carbons (Fsp3) is 0.400. The van der Waals surface area contributed by atoms with Gasteiger partial charge in [-0.1, -0.05) is 41.9 Å². The van der Waals surface area contributed by atoms with Gasteiger partial charge in [-0.05, 0) is 66.6 Å². The highest BCUT2D eigenvalue weighted by Gasteiger charge is 2.25. The number of sulfonamides is 1. The summed E-state index contributed by atoms with van der Waals surface area (Å²) in [6.45, 7) is 8.26. The van der Waals surface area contributed by atoms with E-state index in [4.69, 9.17) is 4.74 Å². The molecule has 0 saturated carbocycles. The van der Waals surface area contributed by atoms with Gasteiger partial charge in [-0.15, -0.1) is 0 Å². The van der Waals surface area contributed by atoms with Crippen molar-refractivity contribution in [2.45, 2.75) is 39.0 Å². The Balaban J connectivity index is 2.16. The Hall–Kier alpha value is -1.37. The fourth-order valence-corrected chi connectivity index (χ4v) is 4.46. The van der Waals surface area contributed by atoms with E-state index in [0.717, 1.165) is 22.0 Å². The van der Waals surface area contributed by atoms with Gasteiger partial charge in [0.2, 0.25) is 10.0 Å². The number of hydrogen-bond donors (Lipinski definition) is 1. The monoisotopic (exact) mass is 439 g/mol. The molecule has 0 spiro atoms. The van der Waals surface area contributed by atoms with Gasteiger partial charge in [0, 0.05) is 11.0 Å². The van der Waals surface area contributed by atoms with E-state index in [1.807, 2.05) is 38.1 Å². The Morgan fingerprint density at radius 3 is 2.23 bits per heavy atom. The molecule has 4 nitrogen and oxygen atoms in total. The number of methoxy groups -OCH3 is 1. The first-order valence-corrected chi connectivity index (χ1v) is 10.7. The lowest BCUT2D eigenvalue weighted by Crippen LogP contribution is -2.35. The topological polar surface area (TPSA) is 55.4 Å². The summed E-state index contributed by atoms with van der Waals surface area (Å²) < 4.78 is 34.7. The predicted molar refractivity (Wildman–Crippen MR) is 109 cm³/mol. The maximum atomic E-state index is 12.8. The summed E-state index contributed by atoms with van der Waals surface area (Å²) in [5.41, 5.74) is 2.85. The van der Waals surface area contributed by atoms with Crippen molar-refractivity contribution in [2.75, 3.05) is 13.7 Å². The lowest BCUT2D eigenvalue weighted by molar-refractivity contribution is 0.360. The number of aryl methyl sites for hydroxylation is 2. The zero-order valence-corrected chi connectivity index (χ0v) is 18.3. The van der Waals surface area contributed by atoms with Crippen LogP contribution in [0.3, 0.4) is 0 Å². The number of halogens is 1.